The van der Waals surface area contributed by atoms with Crippen molar-refractivity contribution >= 4 is 17.3 Å². The third-order valence-corrected chi connectivity index (χ3v) is 3.72. The molecule has 126 valence electrons. The van der Waals surface area contributed by atoms with Gasteiger partial charge in [0.2, 0.25) is 0 Å². The Morgan fingerprint density at radius 3 is 2.71 bits per heavy atom. The molecule has 24 heavy (non-hydrogen) atoms. The number of carbonyl (C=O) groups is 1. The van der Waals surface area contributed by atoms with Crippen molar-refractivity contribution in [2.45, 2.75) is 18.9 Å². The fourth-order valence-corrected chi connectivity index (χ4v) is 2.45. The highest BCUT2D eigenvalue weighted by Crippen LogP contribution is 2.18. The number of rotatable bonds is 5. The van der Waals surface area contributed by atoms with E-state index in [0.29, 0.717) is 17.9 Å². The fourth-order valence-electron chi connectivity index (χ4n) is 2.45. The average Bonchev–Trinajstić information content (AvgIpc) is 3.10. The minimum absolute atomic E-state index is 0.0725. The van der Waals surface area contributed by atoms with E-state index in [0.717, 1.165) is 31.6 Å². The lowest BCUT2D eigenvalue weighted by Gasteiger charge is -2.11. The number of halogens is 2. The maximum Gasteiger partial charge on any atom is 0.269 e. The van der Waals surface area contributed by atoms with Gasteiger partial charge >= 0.3 is 0 Å². The van der Waals surface area contributed by atoms with Crippen molar-refractivity contribution in [2.24, 2.45) is 0 Å². The first-order chi connectivity index (χ1) is 11.6. The summed E-state index contributed by atoms with van der Waals surface area (Å²) in [5.74, 6) is -2.11. The molecule has 1 aromatic carbocycles. The van der Waals surface area contributed by atoms with Crippen LogP contribution in [0.15, 0.2) is 36.5 Å². The number of anilines is 2. The van der Waals surface area contributed by atoms with Crippen LogP contribution in [0, 0.1) is 11.6 Å². The zero-order valence-electron chi connectivity index (χ0n) is 12.9. The molecule has 2 heterocycles. The van der Waals surface area contributed by atoms with Crippen LogP contribution < -0.4 is 10.6 Å². The second-order valence-corrected chi connectivity index (χ2v) is 5.53. The lowest BCUT2D eigenvalue weighted by atomic mass is 10.2. The normalized spacial score (nSPS) is 16.8. The van der Waals surface area contributed by atoms with Crippen molar-refractivity contribution in [1.29, 1.82) is 0 Å². The number of carbonyl (C=O) groups excluding carboxylic acids is 1. The molecule has 2 aromatic rings. The molecular formula is C17H17F2N3O2. The van der Waals surface area contributed by atoms with Crippen LogP contribution in [0.3, 0.4) is 0 Å². The summed E-state index contributed by atoms with van der Waals surface area (Å²) in [6.45, 7) is 1.21. The summed E-state index contributed by atoms with van der Waals surface area (Å²) >= 11 is 0. The van der Waals surface area contributed by atoms with E-state index in [-0.39, 0.29) is 17.7 Å². The molecular weight excluding hydrogens is 316 g/mol. The van der Waals surface area contributed by atoms with E-state index in [2.05, 4.69) is 15.6 Å². The SMILES string of the molecule is O=C(NCC1CCCO1)c1ccc(Nc2ccc(F)c(F)c2)cn1. The largest absolute Gasteiger partial charge is 0.376 e. The molecule has 1 aliphatic rings. The maximum absolute atomic E-state index is 13.2. The lowest BCUT2D eigenvalue weighted by molar-refractivity contribution is 0.0854. The van der Waals surface area contributed by atoms with Crippen molar-refractivity contribution in [1.82, 2.24) is 10.3 Å². The van der Waals surface area contributed by atoms with Gasteiger partial charge in [0.15, 0.2) is 11.6 Å². The topological polar surface area (TPSA) is 63.2 Å². The summed E-state index contributed by atoms with van der Waals surface area (Å²) in [7, 11) is 0. The third kappa shape index (κ3) is 4.05. The smallest absolute Gasteiger partial charge is 0.269 e. The molecule has 0 radical (unpaired) electrons. The Labute approximate surface area is 138 Å². The zero-order chi connectivity index (χ0) is 16.9. The van der Waals surface area contributed by atoms with Crippen LogP contribution in [0.1, 0.15) is 23.3 Å². The molecule has 1 aliphatic heterocycles. The van der Waals surface area contributed by atoms with Crippen molar-refractivity contribution in [3.63, 3.8) is 0 Å². The summed E-state index contributed by atoms with van der Waals surface area (Å²) in [5.41, 5.74) is 1.24. The molecule has 1 atom stereocenters. The lowest BCUT2D eigenvalue weighted by Crippen LogP contribution is -2.32. The number of hydrogen-bond acceptors (Lipinski definition) is 4. The maximum atomic E-state index is 13.2. The molecule has 1 amide bonds. The van der Waals surface area contributed by atoms with Crippen molar-refractivity contribution in [2.75, 3.05) is 18.5 Å². The molecule has 0 saturated carbocycles. The number of nitrogens with zero attached hydrogens (tertiary/aromatic N) is 1. The quantitative estimate of drug-likeness (QED) is 0.883. The highest BCUT2D eigenvalue weighted by Gasteiger charge is 2.17. The molecule has 0 spiro atoms. The summed E-state index contributed by atoms with van der Waals surface area (Å²) < 4.78 is 31.5. The highest BCUT2D eigenvalue weighted by atomic mass is 19.2. The van der Waals surface area contributed by atoms with Gasteiger partial charge in [-0.1, -0.05) is 0 Å². The van der Waals surface area contributed by atoms with E-state index >= 15 is 0 Å². The predicted octanol–water partition coefficient (Wildman–Crippen LogP) is 3.01. The van der Waals surface area contributed by atoms with E-state index < -0.39 is 11.6 Å². The first kappa shape index (κ1) is 16.3. The first-order valence-electron chi connectivity index (χ1n) is 7.70. The minimum Gasteiger partial charge on any atom is -0.376 e. The van der Waals surface area contributed by atoms with Gasteiger partial charge in [0, 0.05) is 24.9 Å². The van der Waals surface area contributed by atoms with Crippen LogP contribution in [-0.4, -0.2) is 30.1 Å². The molecule has 0 bridgehead atoms. The van der Waals surface area contributed by atoms with Gasteiger partial charge in [-0.2, -0.15) is 0 Å². The van der Waals surface area contributed by atoms with E-state index in [4.69, 9.17) is 4.74 Å². The van der Waals surface area contributed by atoms with Gasteiger partial charge in [0.25, 0.3) is 5.91 Å². The molecule has 1 fully saturated rings. The Hall–Kier alpha value is -2.54. The monoisotopic (exact) mass is 333 g/mol. The van der Waals surface area contributed by atoms with Gasteiger partial charge in [-0.15, -0.1) is 0 Å². The molecule has 5 nitrogen and oxygen atoms in total. The van der Waals surface area contributed by atoms with Crippen LogP contribution in [0.5, 0.6) is 0 Å². The summed E-state index contributed by atoms with van der Waals surface area (Å²) in [5, 5.41) is 5.68. The number of ether oxygens (including phenoxy) is 1. The van der Waals surface area contributed by atoms with Gasteiger partial charge in [-0.25, -0.2) is 13.8 Å². The standard InChI is InChI=1S/C17H17F2N3O2/c18-14-5-3-11(8-15(14)19)22-12-4-6-16(20-9-12)17(23)21-10-13-2-1-7-24-13/h3-6,8-9,13,22H,1-2,7,10H2,(H,21,23). The molecule has 2 N–H and O–H groups in total. The first-order valence-corrected chi connectivity index (χ1v) is 7.70. The van der Waals surface area contributed by atoms with Crippen LogP contribution in [0.4, 0.5) is 20.2 Å². The Morgan fingerprint density at radius 2 is 2.04 bits per heavy atom. The molecule has 1 saturated heterocycles. The van der Waals surface area contributed by atoms with Gasteiger partial charge in [-0.05, 0) is 37.1 Å². The predicted molar refractivity (Wildman–Crippen MR) is 85.2 cm³/mol. The second-order valence-electron chi connectivity index (χ2n) is 5.53. The van der Waals surface area contributed by atoms with Crippen molar-refractivity contribution in [3.8, 4) is 0 Å². The number of hydrogen-bond donors (Lipinski definition) is 2. The third-order valence-electron chi connectivity index (χ3n) is 3.72. The summed E-state index contributed by atoms with van der Waals surface area (Å²) in [6, 6.07) is 6.72. The number of amides is 1. The Bertz CT molecular complexity index is 716. The van der Waals surface area contributed by atoms with Crippen molar-refractivity contribution < 1.29 is 18.3 Å². The van der Waals surface area contributed by atoms with Crippen molar-refractivity contribution in [3.05, 3.63) is 53.9 Å². The Balaban J connectivity index is 1.57. The van der Waals surface area contributed by atoms with Crippen LogP contribution in [0.2, 0.25) is 0 Å². The van der Waals surface area contributed by atoms with Crippen LogP contribution in [0.25, 0.3) is 0 Å². The van der Waals surface area contributed by atoms with E-state index in [9.17, 15) is 13.6 Å². The Morgan fingerprint density at radius 1 is 1.21 bits per heavy atom. The van der Waals surface area contributed by atoms with Gasteiger partial charge in [0.05, 0.1) is 18.0 Å². The molecule has 1 aromatic heterocycles. The summed E-state index contributed by atoms with van der Waals surface area (Å²) in [4.78, 5) is 16.1. The number of nitrogens with one attached hydrogen (secondary N) is 2. The highest BCUT2D eigenvalue weighted by molar-refractivity contribution is 5.92. The molecule has 7 heteroatoms. The van der Waals surface area contributed by atoms with E-state index in [1.165, 1.54) is 12.3 Å². The number of pyridine rings is 1. The fraction of sp³-hybridized carbons (Fsp3) is 0.294. The molecule has 0 aliphatic carbocycles. The number of benzene rings is 1. The Kier molecular flexibility index (Phi) is 5.00. The minimum atomic E-state index is -0.932. The van der Waals surface area contributed by atoms with E-state index in [1.54, 1.807) is 12.1 Å². The van der Waals surface area contributed by atoms with Crippen LogP contribution in [-0.2, 0) is 4.74 Å². The molecule has 1 unspecified atom stereocenters. The molecule has 3 rings (SSSR count). The van der Waals surface area contributed by atoms with Crippen LogP contribution >= 0.6 is 0 Å². The van der Waals surface area contributed by atoms with E-state index in [1.807, 2.05) is 0 Å². The second kappa shape index (κ2) is 7.35. The van der Waals surface area contributed by atoms with Gasteiger partial charge in [-0.3, -0.25) is 4.79 Å². The van der Waals surface area contributed by atoms with Gasteiger partial charge < -0.3 is 15.4 Å². The summed E-state index contributed by atoms with van der Waals surface area (Å²) in [6.07, 6.45) is 3.50. The van der Waals surface area contributed by atoms with Gasteiger partial charge in [0.1, 0.15) is 5.69 Å². The zero-order valence-corrected chi connectivity index (χ0v) is 12.9. The average molecular weight is 333 g/mol. The number of aromatic nitrogens is 1.